The van der Waals surface area contributed by atoms with Gasteiger partial charge in [-0.3, -0.25) is 0 Å². The first kappa shape index (κ1) is 14.4. The number of thiocarbonyl (C=S) groups is 1. The van der Waals surface area contributed by atoms with Gasteiger partial charge in [-0.1, -0.05) is 50.6 Å². The fraction of sp³-hybridized carbons (Fsp3) is 0.889. The van der Waals surface area contributed by atoms with Gasteiger partial charge in [-0.2, -0.15) is 0 Å². The minimum Gasteiger partial charge on any atom is -0.306 e. The van der Waals surface area contributed by atoms with Crippen molar-refractivity contribution in [1.82, 2.24) is 9.44 Å². The molecule has 0 atom stereocenters. The number of unbranched alkanes of at least 4 members (excludes halogenated alkanes) is 2. The molecular weight excluding hydrogens is 232 g/mol. The monoisotopic (exact) mass is 252 g/mol. The topological polar surface area (TPSA) is 24.1 Å². The third kappa shape index (κ3) is 10.5. The van der Waals surface area contributed by atoms with Crippen molar-refractivity contribution in [3.05, 3.63) is 0 Å². The van der Waals surface area contributed by atoms with E-state index in [-0.39, 0.29) is 0 Å². The zero-order valence-electron chi connectivity index (χ0n) is 8.97. The van der Waals surface area contributed by atoms with Gasteiger partial charge < -0.3 is 9.44 Å². The Hall–Kier alpha value is 0.390. The third-order valence-electron chi connectivity index (χ3n) is 1.53. The maximum Gasteiger partial charge on any atom is 0.186 e. The van der Waals surface area contributed by atoms with Crippen LogP contribution in [0.3, 0.4) is 0 Å². The molecule has 0 unspecified atom stereocenters. The van der Waals surface area contributed by atoms with Gasteiger partial charge in [0, 0.05) is 11.5 Å². The minimum absolute atomic E-state index is 0.743. The van der Waals surface area contributed by atoms with Crippen LogP contribution in [0.5, 0.6) is 0 Å². The third-order valence-corrected chi connectivity index (χ3v) is 3.67. The molecule has 0 aromatic rings. The molecule has 0 spiro atoms. The highest BCUT2D eigenvalue weighted by Gasteiger charge is 1.94. The molecule has 2 nitrogen and oxygen atoms in total. The predicted molar refractivity (Wildman–Crippen MR) is 73.6 cm³/mol. The molecule has 0 aliphatic heterocycles. The fourth-order valence-electron chi connectivity index (χ4n) is 0.687. The second-order valence-electron chi connectivity index (χ2n) is 2.94. The Morgan fingerprint density at radius 2 is 1.43 bits per heavy atom. The van der Waals surface area contributed by atoms with Gasteiger partial charge in [0.05, 0.1) is 0 Å². The lowest BCUT2D eigenvalue weighted by molar-refractivity contribution is 0.894. The Labute approximate surface area is 102 Å². The first-order chi connectivity index (χ1) is 6.81. The molecule has 0 bridgehead atoms. The Morgan fingerprint density at radius 1 is 1.00 bits per heavy atom. The molecule has 0 aromatic carbocycles. The van der Waals surface area contributed by atoms with Crippen molar-refractivity contribution in [2.45, 2.75) is 39.5 Å². The quantitative estimate of drug-likeness (QED) is 0.392. The van der Waals surface area contributed by atoms with Crippen molar-refractivity contribution in [2.24, 2.45) is 0 Å². The van der Waals surface area contributed by atoms with E-state index in [0.717, 1.165) is 16.6 Å². The lowest BCUT2D eigenvalue weighted by Crippen LogP contribution is -2.26. The molecule has 0 amide bonds. The average molecular weight is 252 g/mol. The summed E-state index contributed by atoms with van der Waals surface area (Å²) in [6, 6.07) is 0. The molecule has 0 heterocycles. The van der Waals surface area contributed by atoms with Crippen LogP contribution >= 0.6 is 36.1 Å². The number of hydrogen-bond donors (Lipinski definition) is 2. The number of rotatable bonds is 8. The van der Waals surface area contributed by atoms with Crippen molar-refractivity contribution in [1.29, 1.82) is 0 Å². The second kappa shape index (κ2) is 11.5. The van der Waals surface area contributed by atoms with Crippen LogP contribution in [0.4, 0.5) is 0 Å². The summed E-state index contributed by atoms with van der Waals surface area (Å²) in [6.45, 7) is 4.38. The average Bonchev–Trinajstić information content (AvgIpc) is 2.19. The summed E-state index contributed by atoms with van der Waals surface area (Å²) < 4.78 is 6.22. The molecule has 2 N–H and O–H groups in total. The van der Waals surface area contributed by atoms with Crippen molar-refractivity contribution in [3.63, 3.8) is 0 Å². The molecule has 0 radical (unpaired) electrons. The molecule has 0 saturated carbocycles. The maximum absolute atomic E-state index is 5.09. The molecule has 0 saturated heterocycles. The summed E-state index contributed by atoms with van der Waals surface area (Å²) in [4.78, 5) is 0. The Bertz CT molecular complexity index is 128. The largest absolute Gasteiger partial charge is 0.306 e. The number of nitrogens with one attached hydrogen (secondary N) is 2. The van der Waals surface area contributed by atoms with E-state index in [1.807, 2.05) is 0 Å². The maximum atomic E-state index is 5.09. The smallest absolute Gasteiger partial charge is 0.186 e. The van der Waals surface area contributed by atoms with Crippen LogP contribution in [0.2, 0.25) is 0 Å². The van der Waals surface area contributed by atoms with Gasteiger partial charge in [0.2, 0.25) is 0 Å². The predicted octanol–water partition coefficient (Wildman–Crippen LogP) is 3.35. The normalized spacial score (nSPS) is 9.86. The van der Waals surface area contributed by atoms with Crippen LogP contribution in [-0.4, -0.2) is 16.6 Å². The lowest BCUT2D eigenvalue weighted by Gasteiger charge is -2.07. The molecule has 14 heavy (non-hydrogen) atoms. The highest BCUT2D eigenvalue weighted by molar-refractivity contribution is 8.00. The highest BCUT2D eigenvalue weighted by Crippen LogP contribution is 2.02. The first-order valence-electron chi connectivity index (χ1n) is 5.10. The van der Waals surface area contributed by atoms with E-state index in [4.69, 9.17) is 12.2 Å². The van der Waals surface area contributed by atoms with E-state index in [1.54, 1.807) is 23.9 Å². The van der Waals surface area contributed by atoms with Gasteiger partial charge in [-0.05, 0) is 25.1 Å². The molecule has 5 heteroatoms. The summed E-state index contributed by atoms with van der Waals surface area (Å²) in [7, 11) is 0. The number of hydrogen-bond acceptors (Lipinski definition) is 3. The van der Waals surface area contributed by atoms with Gasteiger partial charge in [0.1, 0.15) is 0 Å². The van der Waals surface area contributed by atoms with Crippen molar-refractivity contribution in [3.8, 4) is 0 Å². The van der Waals surface area contributed by atoms with Crippen LogP contribution in [0.15, 0.2) is 0 Å². The Kier molecular flexibility index (Phi) is 11.8. The molecule has 0 aromatic heterocycles. The van der Waals surface area contributed by atoms with E-state index in [0.29, 0.717) is 0 Å². The minimum atomic E-state index is 0.743. The summed E-state index contributed by atoms with van der Waals surface area (Å²) in [5, 5.41) is 0.743. The molecule has 0 aliphatic carbocycles. The Morgan fingerprint density at radius 3 is 1.79 bits per heavy atom. The molecule has 0 aliphatic rings. The highest BCUT2D eigenvalue weighted by atomic mass is 32.2. The van der Waals surface area contributed by atoms with Crippen molar-refractivity contribution >= 4 is 41.2 Å². The van der Waals surface area contributed by atoms with Gasteiger partial charge in [-0.15, -0.1) is 0 Å². The van der Waals surface area contributed by atoms with E-state index in [1.165, 1.54) is 25.7 Å². The standard InChI is InChI=1S/C9H20N2S3/c1-3-5-7-13-10-9(12)11-14-8-6-4-2/h3-8H2,1-2H3,(H2,10,11,12). The molecular formula is C9H20N2S3. The summed E-state index contributed by atoms with van der Waals surface area (Å²) in [5.74, 6) is 2.25. The van der Waals surface area contributed by atoms with E-state index >= 15 is 0 Å². The van der Waals surface area contributed by atoms with Crippen LogP contribution < -0.4 is 9.44 Å². The zero-order chi connectivity index (χ0) is 10.6. The molecule has 0 rings (SSSR count). The van der Waals surface area contributed by atoms with Crippen molar-refractivity contribution < 1.29 is 0 Å². The fourth-order valence-corrected chi connectivity index (χ4v) is 2.54. The summed E-state index contributed by atoms with van der Waals surface area (Å²) in [6.07, 6.45) is 4.95. The SMILES string of the molecule is CCCCSNC(=S)NSCCCC. The Balaban J connectivity index is 3.11. The van der Waals surface area contributed by atoms with Gasteiger partial charge >= 0.3 is 0 Å². The van der Waals surface area contributed by atoms with Crippen molar-refractivity contribution in [2.75, 3.05) is 11.5 Å². The van der Waals surface area contributed by atoms with Crippen LogP contribution in [0.25, 0.3) is 0 Å². The van der Waals surface area contributed by atoms with E-state index in [9.17, 15) is 0 Å². The van der Waals surface area contributed by atoms with Crippen LogP contribution in [0, 0.1) is 0 Å². The van der Waals surface area contributed by atoms with E-state index in [2.05, 4.69) is 23.3 Å². The lowest BCUT2D eigenvalue weighted by atomic mass is 10.4. The molecule has 84 valence electrons. The van der Waals surface area contributed by atoms with Gasteiger partial charge in [-0.25, -0.2) is 0 Å². The van der Waals surface area contributed by atoms with Gasteiger partial charge in [0.25, 0.3) is 0 Å². The van der Waals surface area contributed by atoms with Gasteiger partial charge in [0.15, 0.2) is 5.11 Å². The summed E-state index contributed by atoms with van der Waals surface area (Å²) >= 11 is 8.45. The first-order valence-corrected chi connectivity index (χ1v) is 7.48. The summed E-state index contributed by atoms with van der Waals surface area (Å²) in [5.41, 5.74) is 0. The molecule has 0 fully saturated rings. The van der Waals surface area contributed by atoms with Crippen LogP contribution in [-0.2, 0) is 0 Å². The van der Waals surface area contributed by atoms with E-state index < -0.39 is 0 Å². The second-order valence-corrected chi connectivity index (χ2v) is 5.15. The van der Waals surface area contributed by atoms with Crippen LogP contribution in [0.1, 0.15) is 39.5 Å². The zero-order valence-corrected chi connectivity index (χ0v) is 11.4.